The molecule has 0 spiro atoms. The normalized spacial score (nSPS) is 15.3. The van der Waals surface area contributed by atoms with Crippen LogP contribution >= 0.6 is 11.5 Å². The lowest BCUT2D eigenvalue weighted by Crippen LogP contribution is -2.02. The van der Waals surface area contributed by atoms with Gasteiger partial charge in [-0.3, -0.25) is 0 Å². The van der Waals surface area contributed by atoms with Crippen LogP contribution < -0.4 is 11.1 Å². The molecule has 0 aliphatic heterocycles. The van der Waals surface area contributed by atoms with Crippen molar-refractivity contribution in [3.8, 4) is 0 Å². The van der Waals surface area contributed by atoms with Gasteiger partial charge in [-0.25, -0.2) is 4.98 Å². The van der Waals surface area contributed by atoms with E-state index in [9.17, 15) is 0 Å². The molecule has 0 atom stereocenters. The van der Waals surface area contributed by atoms with Crippen LogP contribution in [0.1, 0.15) is 50.3 Å². The molecular weight excluding hydrogens is 220 g/mol. The Kier molecular flexibility index (Phi) is 4.54. The molecule has 1 aromatic rings. The topological polar surface area (TPSA) is 63.8 Å². The summed E-state index contributed by atoms with van der Waals surface area (Å²) in [6, 6.07) is 0. The fraction of sp³-hybridized carbons (Fsp3) is 0.818. The first-order valence-electron chi connectivity index (χ1n) is 6.17. The number of unbranched alkanes of at least 4 members (excludes halogenated alkanes) is 3. The highest BCUT2D eigenvalue weighted by Gasteiger charge is 2.27. The third-order valence-electron chi connectivity index (χ3n) is 2.79. The van der Waals surface area contributed by atoms with Gasteiger partial charge in [0.2, 0.25) is 5.13 Å². The van der Waals surface area contributed by atoms with Crippen molar-refractivity contribution in [2.75, 3.05) is 18.4 Å². The smallest absolute Gasteiger partial charge is 0.202 e. The average molecular weight is 240 g/mol. The lowest BCUT2D eigenvalue weighted by atomic mass is 10.2. The Labute approximate surface area is 101 Å². The first-order valence-corrected chi connectivity index (χ1v) is 6.95. The van der Waals surface area contributed by atoms with E-state index >= 15 is 0 Å². The van der Waals surface area contributed by atoms with Gasteiger partial charge in [0.05, 0.1) is 0 Å². The summed E-state index contributed by atoms with van der Waals surface area (Å²) in [5, 5.41) is 4.33. The molecule has 2 rings (SSSR count). The van der Waals surface area contributed by atoms with Gasteiger partial charge < -0.3 is 11.1 Å². The predicted molar refractivity (Wildman–Crippen MR) is 67.9 cm³/mol. The number of aromatic nitrogens is 2. The van der Waals surface area contributed by atoms with Crippen molar-refractivity contribution in [3.05, 3.63) is 5.82 Å². The maximum atomic E-state index is 5.44. The molecule has 0 radical (unpaired) electrons. The van der Waals surface area contributed by atoms with Gasteiger partial charge in [0.15, 0.2) is 0 Å². The first kappa shape index (κ1) is 11.8. The summed E-state index contributed by atoms with van der Waals surface area (Å²) in [6.07, 6.45) is 7.37. The Morgan fingerprint density at radius 1 is 1.25 bits per heavy atom. The van der Waals surface area contributed by atoms with Crippen molar-refractivity contribution < 1.29 is 0 Å². The maximum absolute atomic E-state index is 5.44. The molecule has 1 heterocycles. The summed E-state index contributed by atoms with van der Waals surface area (Å²) in [6.45, 7) is 1.82. The molecule has 3 N–H and O–H groups in total. The molecule has 1 fully saturated rings. The Morgan fingerprint density at radius 3 is 2.81 bits per heavy atom. The van der Waals surface area contributed by atoms with Gasteiger partial charge in [0, 0.05) is 24.0 Å². The molecule has 0 saturated heterocycles. The fourth-order valence-corrected chi connectivity index (χ4v) is 2.30. The predicted octanol–water partition coefficient (Wildman–Crippen LogP) is 2.35. The number of nitrogens with zero attached hydrogens (tertiary/aromatic N) is 2. The van der Waals surface area contributed by atoms with Crippen molar-refractivity contribution in [2.45, 2.75) is 44.4 Å². The van der Waals surface area contributed by atoms with Crippen molar-refractivity contribution in [2.24, 2.45) is 5.73 Å². The number of nitrogens with two attached hydrogens (primary N) is 1. The van der Waals surface area contributed by atoms with Crippen LogP contribution in [0.15, 0.2) is 0 Å². The van der Waals surface area contributed by atoms with E-state index in [0.717, 1.165) is 30.5 Å². The molecule has 1 aliphatic rings. The van der Waals surface area contributed by atoms with Crippen LogP contribution in [0.3, 0.4) is 0 Å². The molecule has 0 aromatic carbocycles. The molecule has 16 heavy (non-hydrogen) atoms. The summed E-state index contributed by atoms with van der Waals surface area (Å²) < 4.78 is 4.36. The SMILES string of the molecule is NCCCCCCNc1nc(C2CC2)ns1. The molecule has 90 valence electrons. The van der Waals surface area contributed by atoms with Crippen LogP contribution in [0.2, 0.25) is 0 Å². The van der Waals surface area contributed by atoms with E-state index in [-0.39, 0.29) is 0 Å². The number of hydrogen-bond donors (Lipinski definition) is 2. The molecule has 1 saturated carbocycles. The van der Waals surface area contributed by atoms with E-state index < -0.39 is 0 Å². The molecule has 1 aliphatic carbocycles. The first-order chi connectivity index (χ1) is 7.90. The molecular formula is C11H20N4S. The van der Waals surface area contributed by atoms with Gasteiger partial charge in [-0.15, -0.1) is 0 Å². The zero-order valence-corrected chi connectivity index (χ0v) is 10.4. The molecule has 0 bridgehead atoms. The fourth-order valence-electron chi connectivity index (χ4n) is 1.63. The van der Waals surface area contributed by atoms with Crippen molar-refractivity contribution in [1.82, 2.24) is 9.36 Å². The Bertz CT molecular complexity index is 309. The zero-order chi connectivity index (χ0) is 11.2. The average Bonchev–Trinajstić information content (AvgIpc) is 3.04. The monoisotopic (exact) mass is 240 g/mol. The second-order valence-electron chi connectivity index (χ2n) is 4.36. The second-order valence-corrected chi connectivity index (χ2v) is 5.11. The van der Waals surface area contributed by atoms with Gasteiger partial charge >= 0.3 is 0 Å². The summed E-state index contributed by atoms with van der Waals surface area (Å²) in [5.41, 5.74) is 5.44. The molecule has 4 nitrogen and oxygen atoms in total. The third-order valence-corrected chi connectivity index (χ3v) is 3.48. The summed E-state index contributed by atoms with van der Waals surface area (Å²) in [5.74, 6) is 1.71. The van der Waals surface area contributed by atoms with Gasteiger partial charge in [0.1, 0.15) is 5.82 Å². The molecule has 1 aromatic heterocycles. The molecule has 5 heteroatoms. The van der Waals surface area contributed by atoms with E-state index in [1.807, 2.05) is 0 Å². The van der Waals surface area contributed by atoms with Gasteiger partial charge in [-0.2, -0.15) is 4.37 Å². The van der Waals surface area contributed by atoms with E-state index in [0.29, 0.717) is 5.92 Å². The van der Waals surface area contributed by atoms with Crippen molar-refractivity contribution >= 4 is 16.7 Å². The highest BCUT2D eigenvalue weighted by Crippen LogP contribution is 2.39. The third kappa shape index (κ3) is 3.72. The number of hydrogen-bond acceptors (Lipinski definition) is 5. The summed E-state index contributed by atoms with van der Waals surface area (Å²) >= 11 is 1.49. The highest BCUT2D eigenvalue weighted by molar-refractivity contribution is 7.09. The van der Waals surface area contributed by atoms with Crippen LogP contribution in [0.5, 0.6) is 0 Å². The van der Waals surface area contributed by atoms with E-state index in [4.69, 9.17) is 5.73 Å². The Hall–Kier alpha value is -0.680. The van der Waals surface area contributed by atoms with Crippen LogP contribution in [-0.4, -0.2) is 22.4 Å². The number of anilines is 1. The van der Waals surface area contributed by atoms with Crippen molar-refractivity contribution in [1.29, 1.82) is 0 Å². The Morgan fingerprint density at radius 2 is 2.06 bits per heavy atom. The lowest BCUT2D eigenvalue weighted by Gasteiger charge is -2.01. The largest absolute Gasteiger partial charge is 0.360 e. The van der Waals surface area contributed by atoms with E-state index in [1.165, 1.54) is 43.6 Å². The van der Waals surface area contributed by atoms with E-state index in [2.05, 4.69) is 14.7 Å². The second kappa shape index (κ2) is 6.15. The van der Waals surface area contributed by atoms with Gasteiger partial charge in [0.25, 0.3) is 0 Å². The highest BCUT2D eigenvalue weighted by atomic mass is 32.1. The number of nitrogens with one attached hydrogen (secondary N) is 1. The zero-order valence-electron chi connectivity index (χ0n) is 9.61. The maximum Gasteiger partial charge on any atom is 0.202 e. The standard InChI is InChI=1S/C11H20N4S/c12-7-3-1-2-4-8-13-11-14-10(15-16-11)9-5-6-9/h9H,1-8,12H2,(H,13,14,15). The van der Waals surface area contributed by atoms with E-state index in [1.54, 1.807) is 0 Å². The van der Waals surface area contributed by atoms with Gasteiger partial charge in [-0.1, -0.05) is 12.8 Å². The minimum atomic E-state index is 0.663. The van der Waals surface area contributed by atoms with Crippen LogP contribution in [0, 0.1) is 0 Å². The minimum absolute atomic E-state index is 0.663. The van der Waals surface area contributed by atoms with Crippen molar-refractivity contribution in [3.63, 3.8) is 0 Å². The molecule has 0 amide bonds. The van der Waals surface area contributed by atoms with Crippen LogP contribution in [0.4, 0.5) is 5.13 Å². The quantitative estimate of drug-likeness (QED) is 0.685. The summed E-state index contributed by atoms with van der Waals surface area (Å²) in [7, 11) is 0. The van der Waals surface area contributed by atoms with Crippen LogP contribution in [-0.2, 0) is 0 Å². The van der Waals surface area contributed by atoms with Gasteiger partial charge in [-0.05, 0) is 32.2 Å². The number of rotatable bonds is 8. The molecule has 0 unspecified atom stereocenters. The lowest BCUT2D eigenvalue weighted by molar-refractivity contribution is 0.661. The van der Waals surface area contributed by atoms with Crippen LogP contribution in [0.25, 0.3) is 0 Å². The minimum Gasteiger partial charge on any atom is -0.360 e. The Balaban J connectivity index is 1.57. The summed E-state index contributed by atoms with van der Waals surface area (Å²) in [4.78, 5) is 4.48.